The fraction of sp³-hybridized carbons (Fsp3) is 0.200. The number of halogens is 3. The Morgan fingerprint density at radius 2 is 2.11 bits per heavy atom. The Hall–Kier alpha value is -2.22. The molecule has 1 saturated heterocycles. The molecule has 0 bridgehead atoms. The third-order valence-electron chi connectivity index (χ3n) is 4.56. The van der Waals surface area contributed by atoms with E-state index in [1.165, 1.54) is 30.2 Å². The molecule has 2 atom stereocenters. The maximum Gasteiger partial charge on any atom is 0.186 e. The molecular weight excluding hydrogens is 404 g/mol. The number of thioether (sulfide) groups is 1. The minimum atomic E-state index is -1.06. The zero-order valence-corrected chi connectivity index (χ0v) is 16.3. The van der Waals surface area contributed by atoms with Gasteiger partial charge >= 0.3 is 0 Å². The van der Waals surface area contributed by atoms with E-state index in [0.29, 0.717) is 15.9 Å². The molecule has 2 aromatic carbocycles. The van der Waals surface area contributed by atoms with Crippen molar-refractivity contribution in [3.8, 4) is 0 Å². The molecule has 0 saturated carbocycles. The summed E-state index contributed by atoms with van der Waals surface area (Å²) < 4.78 is 35.9. The largest absolute Gasteiger partial charge is 0.354 e. The second-order valence-corrected chi connectivity index (χ2v) is 7.73. The summed E-state index contributed by atoms with van der Waals surface area (Å²) in [6, 6.07) is 10.7. The lowest BCUT2D eigenvalue weighted by atomic mass is 9.91. The summed E-state index contributed by atoms with van der Waals surface area (Å²) >= 11 is 7.80. The maximum absolute atomic E-state index is 14.7. The maximum atomic E-state index is 14.7. The van der Waals surface area contributed by atoms with Gasteiger partial charge in [-0.25, -0.2) is 18.4 Å². The molecule has 4 nitrogen and oxygen atoms in total. The number of nitrogens with zero attached hydrogens (tertiary/aromatic N) is 3. The van der Waals surface area contributed by atoms with Crippen molar-refractivity contribution in [3.05, 3.63) is 89.2 Å². The van der Waals surface area contributed by atoms with Crippen molar-refractivity contribution in [3.63, 3.8) is 0 Å². The van der Waals surface area contributed by atoms with Crippen molar-refractivity contribution < 1.29 is 13.5 Å². The summed E-state index contributed by atoms with van der Waals surface area (Å²) in [5.41, 5.74) is -0.0535. The van der Waals surface area contributed by atoms with Crippen LogP contribution in [0.2, 0.25) is 5.02 Å². The lowest BCUT2D eigenvalue weighted by molar-refractivity contribution is 0.250. The highest BCUT2D eigenvalue weighted by Crippen LogP contribution is 2.59. The van der Waals surface area contributed by atoms with Crippen molar-refractivity contribution in [2.24, 2.45) is 0 Å². The van der Waals surface area contributed by atoms with Crippen molar-refractivity contribution in [1.82, 2.24) is 14.8 Å². The minimum absolute atomic E-state index is 0.213. The first-order chi connectivity index (χ1) is 13.5. The molecule has 0 amide bonds. The van der Waals surface area contributed by atoms with Crippen LogP contribution >= 0.6 is 23.4 Å². The molecule has 0 N–H and O–H groups in total. The molecule has 0 radical (unpaired) electrons. The summed E-state index contributed by atoms with van der Waals surface area (Å²) in [4.78, 5) is 4.24. The highest BCUT2D eigenvalue weighted by atomic mass is 35.5. The molecule has 1 unspecified atom stereocenters. The van der Waals surface area contributed by atoms with E-state index in [2.05, 4.69) is 16.7 Å². The smallest absolute Gasteiger partial charge is 0.186 e. The van der Waals surface area contributed by atoms with Crippen LogP contribution in [0.15, 0.2) is 66.6 Å². The first-order valence-electron chi connectivity index (χ1n) is 8.54. The van der Waals surface area contributed by atoms with Gasteiger partial charge in [0.25, 0.3) is 0 Å². The van der Waals surface area contributed by atoms with Gasteiger partial charge in [0.1, 0.15) is 29.7 Å². The van der Waals surface area contributed by atoms with Gasteiger partial charge in [-0.3, -0.25) is 0 Å². The average Bonchev–Trinajstić information content (AvgIpc) is 3.21. The monoisotopic (exact) mass is 419 g/mol. The van der Waals surface area contributed by atoms with Gasteiger partial charge in [-0.15, -0.1) is 6.58 Å². The second-order valence-electron chi connectivity index (χ2n) is 6.33. The Balaban J connectivity index is 1.75. The number of aromatic nitrogens is 3. The Kier molecular flexibility index (Phi) is 5.23. The van der Waals surface area contributed by atoms with E-state index in [9.17, 15) is 8.78 Å². The summed E-state index contributed by atoms with van der Waals surface area (Å²) in [5.74, 6) is -0.657. The Labute approximate surface area is 170 Å². The standard InChI is InChI=1S/C20H16ClF2N3OS/c1-2-9-28-19-24-12-25-26(19)11-20(15-8-7-13(22)10-17(15)23)18(27-20)14-5-3-4-6-16(14)21/h2-8,10,12,18H,1,9,11H2/t18?,20-/m1/s1. The summed E-state index contributed by atoms with van der Waals surface area (Å²) in [5, 5.41) is 5.45. The second kappa shape index (κ2) is 7.66. The predicted molar refractivity (Wildman–Crippen MR) is 104 cm³/mol. The Morgan fingerprint density at radius 1 is 1.29 bits per heavy atom. The van der Waals surface area contributed by atoms with E-state index in [1.54, 1.807) is 16.8 Å². The average molecular weight is 420 g/mol. The third kappa shape index (κ3) is 3.45. The van der Waals surface area contributed by atoms with Crippen molar-refractivity contribution in [2.45, 2.75) is 23.4 Å². The number of benzene rings is 2. The molecule has 1 aliphatic rings. The SMILES string of the molecule is C=CCSc1ncnn1C[C@]1(c2ccc(F)cc2F)OC1c1ccccc1Cl. The molecule has 1 fully saturated rings. The van der Waals surface area contributed by atoms with Crippen LogP contribution < -0.4 is 0 Å². The number of hydrogen-bond acceptors (Lipinski definition) is 4. The summed E-state index contributed by atoms with van der Waals surface area (Å²) in [7, 11) is 0. The molecular formula is C20H16ClF2N3OS. The topological polar surface area (TPSA) is 43.2 Å². The number of hydrogen-bond donors (Lipinski definition) is 0. The lowest BCUT2D eigenvalue weighted by Crippen LogP contribution is -2.22. The van der Waals surface area contributed by atoms with E-state index in [1.807, 2.05) is 18.2 Å². The molecule has 144 valence electrons. The van der Waals surface area contributed by atoms with Gasteiger partial charge in [0, 0.05) is 28.0 Å². The zero-order chi connectivity index (χ0) is 19.7. The lowest BCUT2D eigenvalue weighted by Gasteiger charge is -2.16. The minimum Gasteiger partial charge on any atom is -0.354 e. The van der Waals surface area contributed by atoms with Crippen LogP contribution in [0.3, 0.4) is 0 Å². The molecule has 0 aliphatic carbocycles. The summed E-state index contributed by atoms with van der Waals surface area (Å²) in [6.07, 6.45) is 2.72. The van der Waals surface area contributed by atoms with Crippen LogP contribution in [0, 0.1) is 11.6 Å². The quantitative estimate of drug-likeness (QED) is 0.301. The van der Waals surface area contributed by atoms with Gasteiger partial charge in [-0.05, 0) is 12.1 Å². The third-order valence-corrected chi connectivity index (χ3v) is 5.89. The summed E-state index contributed by atoms with van der Waals surface area (Å²) in [6.45, 7) is 3.92. The van der Waals surface area contributed by atoms with Crippen molar-refractivity contribution in [1.29, 1.82) is 0 Å². The van der Waals surface area contributed by atoms with Gasteiger partial charge in [0.15, 0.2) is 5.16 Å². The fourth-order valence-electron chi connectivity index (χ4n) is 3.25. The van der Waals surface area contributed by atoms with Crippen LogP contribution in [0.1, 0.15) is 17.2 Å². The van der Waals surface area contributed by atoms with Crippen molar-refractivity contribution >= 4 is 23.4 Å². The van der Waals surface area contributed by atoms with Gasteiger partial charge < -0.3 is 4.74 Å². The zero-order valence-electron chi connectivity index (χ0n) is 14.7. The van der Waals surface area contributed by atoms with Gasteiger partial charge in [-0.1, -0.05) is 53.7 Å². The number of ether oxygens (including phenoxy) is 1. The van der Waals surface area contributed by atoms with E-state index in [0.717, 1.165) is 11.6 Å². The van der Waals surface area contributed by atoms with E-state index in [-0.39, 0.29) is 12.1 Å². The van der Waals surface area contributed by atoms with Crippen LogP contribution in [0.25, 0.3) is 0 Å². The first kappa shape index (κ1) is 19.1. The molecule has 8 heteroatoms. The van der Waals surface area contributed by atoms with Crippen LogP contribution in [0.5, 0.6) is 0 Å². The van der Waals surface area contributed by atoms with E-state index >= 15 is 0 Å². The highest BCUT2D eigenvalue weighted by Gasteiger charge is 2.61. The number of epoxide rings is 1. The molecule has 4 rings (SSSR count). The van der Waals surface area contributed by atoms with E-state index in [4.69, 9.17) is 16.3 Å². The molecule has 1 aromatic heterocycles. The molecule has 1 aliphatic heterocycles. The molecule has 2 heterocycles. The van der Waals surface area contributed by atoms with Gasteiger partial charge in [0.2, 0.25) is 0 Å². The van der Waals surface area contributed by atoms with Crippen LogP contribution in [-0.4, -0.2) is 20.5 Å². The van der Waals surface area contributed by atoms with Crippen molar-refractivity contribution in [2.75, 3.05) is 5.75 Å². The Bertz CT molecular complexity index is 1030. The normalized spacial score (nSPS) is 20.9. The van der Waals surface area contributed by atoms with Gasteiger partial charge in [-0.2, -0.15) is 5.10 Å². The van der Waals surface area contributed by atoms with Gasteiger partial charge in [0.05, 0.1) is 6.54 Å². The molecule has 3 aromatic rings. The van der Waals surface area contributed by atoms with Crippen LogP contribution in [-0.2, 0) is 16.9 Å². The molecule has 28 heavy (non-hydrogen) atoms. The first-order valence-corrected chi connectivity index (χ1v) is 9.91. The molecule has 0 spiro atoms. The van der Waals surface area contributed by atoms with E-state index < -0.39 is 23.3 Å². The Morgan fingerprint density at radius 3 is 2.86 bits per heavy atom. The predicted octanol–water partition coefficient (Wildman–Crippen LogP) is 5.15. The highest BCUT2D eigenvalue weighted by molar-refractivity contribution is 7.99. The fourth-order valence-corrected chi connectivity index (χ4v) is 4.14. The number of rotatable bonds is 7. The van der Waals surface area contributed by atoms with Crippen LogP contribution in [0.4, 0.5) is 8.78 Å².